The monoisotopic (exact) mass is 266 g/mol. The Morgan fingerprint density at radius 2 is 1.89 bits per heavy atom. The zero-order valence-corrected chi connectivity index (χ0v) is 11.2. The third-order valence-corrected chi connectivity index (χ3v) is 2.97. The number of ether oxygens (including phenoxy) is 1. The van der Waals surface area contributed by atoms with Crippen LogP contribution in [0, 0.1) is 0 Å². The molecule has 104 valence electrons. The van der Waals surface area contributed by atoms with Gasteiger partial charge in [0.15, 0.2) is 0 Å². The van der Waals surface area contributed by atoms with Crippen LogP contribution in [0.5, 0.6) is 5.75 Å². The zero-order valence-electron chi connectivity index (χ0n) is 11.2. The van der Waals surface area contributed by atoms with Crippen LogP contribution >= 0.6 is 0 Å². The molecule has 0 saturated heterocycles. The Morgan fingerprint density at radius 3 is 2.32 bits per heavy atom. The molecule has 0 aliphatic carbocycles. The first-order valence-corrected chi connectivity index (χ1v) is 5.99. The minimum atomic E-state index is -1.17. The van der Waals surface area contributed by atoms with E-state index in [1.165, 1.54) is 7.11 Å². The van der Waals surface area contributed by atoms with Gasteiger partial charge in [-0.15, -0.1) is 0 Å². The van der Waals surface area contributed by atoms with Crippen LogP contribution in [0.25, 0.3) is 0 Å². The molecule has 0 spiro atoms. The first kappa shape index (κ1) is 15.0. The molecule has 0 aromatic heterocycles. The van der Waals surface area contributed by atoms with E-state index in [-0.39, 0.29) is 5.92 Å². The third-order valence-electron chi connectivity index (χ3n) is 2.97. The Balaban J connectivity index is 3.29. The summed E-state index contributed by atoms with van der Waals surface area (Å²) < 4.78 is 5.14. The lowest BCUT2D eigenvalue weighted by atomic mass is 9.91. The molecule has 0 saturated carbocycles. The largest absolute Gasteiger partial charge is 0.496 e. The summed E-state index contributed by atoms with van der Waals surface area (Å²) in [5.41, 5.74) is 1.36. The first-order valence-electron chi connectivity index (χ1n) is 5.99. The maximum atomic E-state index is 11.3. The van der Waals surface area contributed by atoms with E-state index in [1.54, 1.807) is 12.1 Å². The quantitative estimate of drug-likeness (QED) is 0.826. The fraction of sp³-hybridized carbons (Fsp3) is 0.429. The molecule has 0 aliphatic heterocycles. The average Bonchev–Trinajstić information content (AvgIpc) is 2.34. The van der Waals surface area contributed by atoms with Gasteiger partial charge in [0.2, 0.25) is 0 Å². The maximum absolute atomic E-state index is 11.3. The predicted molar refractivity (Wildman–Crippen MR) is 69.7 cm³/mol. The highest BCUT2D eigenvalue weighted by Crippen LogP contribution is 2.32. The number of hydrogen-bond donors (Lipinski definition) is 2. The number of carboxylic acid groups (broad SMARTS) is 2. The highest BCUT2D eigenvalue weighted by Gasteiger charge is 2.26. The molecule has 0 aliphatic rings. The van der Waals surface area contributed by atoms with Crippen molar-refractivity contribution in [3.05, 3.63) is 29.3 Å². The molecule has 2 N–H and O–H groups in total. The summed E-state index contributed by atoms with van der Waals surface area (Å²) >= 11 is 0. The van der Waals surface area contributed by atoms with Crippen molar-refractivity contribution in [2.45, 2.75) is 32.1 Å². The molecule has 19 heavy (non-hydrogen) atoms. The lowest BCUT2D eigenvalue weighted by Gasteiger charge is -2.17. The third kappa shape index (κ3) is 3.71. The van der Waals surface area contributed by atoms with E-state index >= 15 is 0 Å². The fourth-order valence-electron chi connectivity index (χ4n) is 1.89. The Hall–Kier alpha value is -2.04. The van der Waals surface area contributed by atoms with Crippen molar-refractivity contribution in [2.75, 3.05) is 7.11 Å². The number of carboxylic acids is 2. The van der Waals surface area contributed by atoms with Gasteiger partial charge in [0, 0.05) is 5.56 Å². The second-order valence-electron chi connectivity index (χ2n) is 4.64. The van der Waals surface area contributed by atoms with E-state index in [2.05, 4.69) is 0 Å². The van der Waals surface area contributed by atoms with E-state index in [0.717, 1.165) is 5.56 Å². The van der Waals surface area contributed by atoms with Crippen molar-refractivity contribution in [1.82, 2.24) is 0 Å². The summed E-state index contributed by atoms with van der Waals surface area (Å²) in [6.07, 6.45) is -0.465. The molecule has 5 heteroatoms. The van der Waals surface area contributed by atoms with Crippen LogP contribution in [0.3, 0.4) is 0 Å². The number of hydrogen-bond acceptors (Lipinski definition) is 3. The van der Waals surface area contributed by atoms with Crippen molar-refractivity contribution in [1.29, 1.82) is 0 Å². The molecule has 1 aromatic rings. The van der Waals surface area contributed by atoms with Crippen LogP contribution in [-0.4, -0.2) is 29.3 Å². The van der Waals surface area contributed by atoms with E-state index in [4.69, 9.17) is 9.84 Å². The second kappa shape index (κ2) is 6.22. The molecular formula is C14H18O5. The van der Waals surface area contributed by atoms with Crippen molar-refractivity contribution in [3.8, 4) is 5.75 Å². The van der Waals surface area contributed by atoms with Gasteiger partial charge in [0.25, 0.3) is 0 Å². The molecule has 0 fully saturated rings. The van der Waals surface area contributed by atoms with Crippen molar-refractivity contribution >= 4 is 11.9 Å². The average molecular weight is 266 g/mol. The maximum Gasteiger partial charge on any atom is 0.311 e. The molecule has 0 bridgehead atoms. The summed E-state index contributed by atoms with van der Waals surface area (Å²) in [4.78, 5) is 22.1. The van der Waals surface area contributed by atoms with E-state index in [9.17, 15) is 14.7 Å². The van der Waals surface area contributed by atoms with Crippen molar-refractivity contribution in [3.63, 3.8) is 0 Å². The summed E-state index contributed by atoms with van der Waals surface area (Å²) in [7, 11) is 1.44. The topological polar surface area (TPSA) is 83.8 Å². The summed E-state index contributed by atoms with van der Waals surface area (Å²) in [6.45, 7) is 3.97. The molecule has 0 heterocycles. The van der Waals surface area contributed by atoms with E-state index in [0.29, 0.717) is 11.3 Å². The highest BCUT2D eigenvalue weighted by molar-refractivity contribution is 5.83. The van der Waals surface area contributed by atoms with Gasteiger partial charge >= 0.3 is 11.9 Å². The first-order chi connectivity index (χ1) is 8.86. The molecular weight excluding hydrogens is 248 g/mol. The van der Waals surface area contributed by atoms with Gasteiger partial charge < -0.3 is 14.9 Å². The number of benzene rings is 1. The smallest absolute Gasteiger partial charge is 0.311 e. The van der Waals surface area contributed by atoms with Gasteiger partial charge in [0.1, 0.15) is 5.75 Å². The van der Waals surface area contributed by atoms with Gasteiger partial charge in [-0.2, -0.15) is 0 Å². The summed E-state index contributed by atoms with van der Waals surface area (Å²) in [6, 6.07) is 5.25. The standard InChI is InChI=1S/C14H18O5/c1-8(2)9-4-5-12(19-3)10(6-9)11(14(17)18)7-13(15)16/h4-6,8,11H,7H2,1-3H3,(H,15,16)(H,17,18). The van der Waals surface area contributed by atoms with Gasteiger partial charge in [-0.3, -0.25) is 9.59 Å². The van der Waals surface area contributed by atoms with Crippen LogP contribution in [0.2, 0.25) is 0 Å². The molecule has 0 radical (unpaired) electrons. The van der Waals surface area contributed by atoms with E-state index < -0.39 is 24.3 Å². The van der Waals surface area contributed by atoms with Crippen LogP contribution < -0.4 is 4.74 Å². The van der Waals surface area contributed by atoms with Crippen LogP contribution in [0.4, 0.5) is 0 Å². The second-order valence-corrected chi connectivity index (χ2v) is 4.64. The fourth-order valence-corrected chi connectivity index (χ4v) is 1.89. The Kier molecular flexibility index (Phi) is 4.92. The summed E-state index contributed by atoms with van der Waals surface area (Å²) in [5, 5.41) is 18.0. The predicted octanol–water partition coefficient (Wildman–Crippen LogP) is 2.46. The van der Waals surface area contributed by atoms with Gasteiger partial charge in [-0.05, 0) is 17.5 Å². The molecule has 1 aromatic carbocycles. The number of rotatable bonds is 6. The van der Waals surface area contributed by atoms with Crippen LogP contribution in [0.15, 0.2) is 18.2 Å². The number of methoxy groups -OCH3 is 1. The lowest BCUT2D eigenvalue weighted by Crippen LogP contribution is -2.17. The van der Waals surface area contributed by atoms with Crippen molar-refractivity contribution in [2.24, 2.45) is 0 Å². The molecule has 0 amide bonds. The Labute approximate surface area is 111 Å². The van der Waals surface area contributed by atoms with Gasteiger partial charge in [0.05, 0.1) is 19.4 Å². The molecule has 1 atom stereocenters. The molecule has 1 rings (SSSR count). The number of carbonyl (C=O) groups is 2. The highest BCUT2D eigenvalue weighted by atomic mass is 16.5. The number of aliphatic carboxylic acids is 2. The molecule has 1 unspecified atom stereocenters. The van der Waals surface area contributed by atoms with E-state index in [1.807, 2.05) is 19.9 Å². The minimum absolute atomic E-state index is 0.226. The van der Waals surface area contributed by atoms with Gasteiger partial charge in [-0.25, -0.2) is 0 Å². The van der Waals surface area contributed by atoms with Crippen LogP contribution in [-0.2, 0) is 9.59 Å². The minimum Gasteiger partial charge on any atom is -0.496 e. The SMILES string of the molecule is COc1ccc(C(C)C)cc1C(CC(=O)O)C(=O)O. The van der Waals surface area contributed by atoms with Crippen molar-refractivity contribution < 1.29 is 24.5 Å². The van der Waals surface area contributed by atoms with Crippen LogP contribution in [0.1, 0.15) is 43.2 Å². The summed E-state index contributed by atoms with van der Waals surface area (Å²) in [5.74, 6) is -2.79. The zero-order chi connectivity index (χ0) is 14.6. The Morgan fingerprint density at radius 1 is 1.26 bits per heavy atom. The van der Waals surface area contributed by atoms with Gasteiger partial charge in [-0.1, -0.05) is 26.0 Å². The normalized spacial score (nSPS) is 12.2. The Bertz CT molecular complexity index is 479. The lowest BCUT2D eigenvalue weighted by molar-refractivity contribution is -0.145. The molecule has 5 nitrogen and oxygen atoms in total.